The third kappa shape index (κ3) is 2.84. The van der Waals surface area contributed by atoms with E-state index in [1.54, 1.807) is 0 Å². The zero-order valence-electron chi connectivity index (χ0n) is 13.1. The summed E-state index contributed by atoms with van der Waals surface area (Å²) in [6.07, 6.45) is 5.44. The SMILES string of the molecule is CNC1CCCc2nc(-c3ccc(C(C)C)cc3)ncc21. The highest BCUT2D eigenvalue weighted by Gasteiger charge is 2.20. The van der Waals surface area contributed by atoms with Gasteiger partial charge in [-0.25, -0.2) is 9.97 Å². The monoisotopic (exact) mass is 281 g/mol. The molecule has 1 N–H and O–H groups in total. The molecule has 0 saturated carbocycles. The first kappa shape index (κ1) is 14.2. The number of fused-ring (bicyclic) bond motifs is 1. The number of rotatable bonds is 3. The fourth-order valence-electron chi connectivity index (χ4n) is 3.00. The Morgan fingerprint density at radius 3 is 2.62 bits per heavy atom. The Labute approximate surface area is 126 Å². The highest BCUT2D eigenvalue weighted by atomic mass is 14.9. The Morgan fingerprint density at radius 1 is 1.19 bits per heavy atom. The van der Waals surface area contributed by atoms with Gasteiger partial charge >= 0.3 is 0 Å². The van der Waals surface area contributed by atoms with Crippen LogP contribution in [0.15, 0.2) is 30.5 Å². The maximum atomic E-state index is 4.81. The van der Waals surface area contributed by atoms with E-state index in [1.807, 2.05) is 13.2 Å². The molecular formula is C18H23N3. The van der Waals surface area contributed by atoms with E-state index >= 15 is 0 Å². The molecule has 3 nitrogen and oxygen atoms in total. The zero-order chi connectivity index (χ0) is 14.8. The molecule has 1 aliphatic rings. The van der Waals surface area contributed by atoms with Gasteiger partial charge in [-0.3, -0.25) is 0 Å². The summed E-state index contributed by atoms with van der Waals surface area (Å²) < 4.78 is 0. The van der Waals surface area contributed by atoms with Crippen molar-refractivity contribution in [3.05, 3.63) is 47.3 Å². The molecule has 0 radical (unpaired) electrons. The Bertz CT molecular complexity index is 617. The molecule has 0 amide bonds. The van der Waals surface area contributed by atoms with Crippen LogP contribution in [0.3, 0.4) is 0 Å². The first-order valence-corrected chi connectivity index (χ1v) is 7.82. The van der Waals surface area contributed by atoms with Gasteiger partial charge in [0.1, 0.15) is 0 Å². The highest BCUT2D eigenvalue weighted by Crippen LogP contribution is 2.29. The first-order chi connectivity index (χ1) is 10.2. The lowest BCUT2D eigenvalue weighted by Crippen LogP contribution is -2.22. The number of aromatic nitrogens is 2. The molecule has 1 aliphatic carbocycles. The second-order valence-corrected chi connectivity index (χ2v) is 6.11. The number of aryl methyl sites for hydroxylation is 1. The van der Waals surface area contributed by atoms with Crippen LogP contribution < -0.4 is 5.32 Å². The Hall–Kier alpha value is -1.74. The fourth-order valence-corrected chi connectivity index (χ4v) is 3.00. The molecule has 1 aromatic carbocycles. The molecule has 0 bridgehead atoms. The van der Waals surface area contributed by atoms with Gasteiger partial charge in [0.15, 0.2) is 5.82 Å². The minimum atomic E-state index is 0.408. The van der Waals surface area contributed by atoms with Crippen molar-refractivity contribution in [2.45, 2.75) is 45.1 Å². The molecule has 0 fully saturated rings. The highest BCUT2D eigenvalue weighted by molar-refractivity contribution is 5.56. The molecule has 0 saturated heterocycles. The minimum absolute atomic E-state index is 0.408. The van der Waals surface area contributed by atoms with Crippen molar-refractivity contribution in [3.8, 4) is 11.4 Å². The third-order valence-corrected chi connectivity index (χ3v) is 4.37. The molecule has 1 atom stereocenters. The van der Waals surface area contributed by atoms with Gasteiger partial charge in [-0.1, -0.05) is 38.1 Å². The molecule has 3 rings (SSSR count). The summed E-state index contributed by atoms with van der Waals surface area (Å²) in [5.41, 5.74) is 4.94. The van der Waals surface area contributed by atoms with E-state index < -0.39 is 0 Å². The average molecular weight is 281 g/mol. The van der Waals surface area contributed by atoms with E-state index in [0.717, 1.165) is 17.8 Å². The molecule has 110 valence electrons. The summed E-state index contributed by atoms with van der Waals surface area (Å²) in [5, 5.41) is 3.36. The second-order valence-electron chi connectivity index (χ2n) is 6.11. The van der Waals surface area contributed by atoms with E-state index in [0.29, 0.717) is 12.0 Å². The van der Waals surface area contributed by atoms with Crippen LogP contribution in [0, 0.1) is 0 Å². The number of hydrogen-bond donors (Lipinski definition) is 1. The van der Waals surface area contributed by atoms with Gasteiger partial charge in [-0.05, 0) is 37.8 Å². The van der Waals surface area contributed by atoms with Crippen LogP contribution in [-0.2, 0) is 6.42 Å². The summed E-state index contributed by atoms with van der Waals surface area (Å²) in [4.78, 5) is 9.39. The minimum Gasteiger partial charge on any atom is -0.313 e. The van der Waals surface area contributed by atoms with Crippen LogP contribution >= 0.6 is 0 Å². The van der Waals surface area contributed by atoms with Crippen LogP contribution in [0.4, 0.5) is 0 Å². The normalized spacial score (nSPS) is 17.8. The van der Waals surface area contributed by atoms with Gasteiger partial charge in [0.2, 0.25) is 0 Å². The Morgan fingerprint density at radius 2 is 1.95 bits per heavy atom. The molecule has 1 heterocycles. The topological polar surface area (TPSA) is 37.8 Å². The molecule has 1 unspecified atom stereocenters. The summed E-state index contributed by atoms with van der Waals surface area (Å²) in [7, 11) is 2.01. The van der Waals surface area contributed by atoms with Gasteiger partial charge in [0.05, 0.1) is 0 Å². The number of hydrogen-bond acceptors (Lipinski definition) is 3. The molecule has 1 aromatic heterocycles. The predicted octanol–water partition coefficient (Wildman–Crippen LogP) is 3.86. The lowest BCUT2D eigenvalue weighted by molar-refractivity contribution is 0.488. The van der Waals surface area contributed by atoms with Crippen molar-refractivity contribution in [1.29, 1.82) is 0 Å². The lowest BCUT2D eigenvalue weighted by atomic mass is 9.92. The molecular weight excluding hydrogens is 258 g/mol. The Kier molecular flexibility index (Phi) is 4.02. The van der Waals surface area contributed by atoms with E-state index in [-0.39, 0.29) is 0 Å². The smallest absolute Gasteiger partial charge is 0.159 e. The van der Waals surface area contributed by atoms with Crippen molar-refractivity contribution in [3.63, 3.8) is 0 Å². The summed E-state index contributed by atoms with van der Waals surface area (Å²) in [5.74, 6) is 1.40. The van der Waals surface area contributed by atoms with Crippen LogP contribution in [0.5, 0.6) is 0 Å². The second kappa shape index (κ2) is 5.94. The average Bonchev–Trinajstić information content (AvgIpc) is 2.53. The first-order valence-electron chi connectivity index (χ1n) is 7.82. The number of nitrogens with one attached hydrogen (secondary N) is 1. The maximum Gasteiger partial charge on any atom is 0.159 e. The standard InChI is InChI=1S/C18H23N3/c1-12(2)13-7-9-14(10-8-13)18-20-11-15-16(19-3)5-4-6-17(15)21-18/h7-12,16,19H,4-6H2,1-3H3. The van der Waals surface area contributed by atoms with E-state index in [4.69, 9.17) is 4.98 Å². The van der Waals surface area contributed by atoms with E-state index in [9.17, 15) is 0 Å². The van der Waals surface area contributed by atoms with Crippen molar-refractivity contribution in [1.82, 2.24) is 15.3 Å². The van der Waals surface area contributed by atoms with Gasteiger partial charge in [-0.2, -0.15) is 0 Å². The number of nitrogens with zero attached hydrogens (tertiary/aromatic N) is 2. The van der Waals surface area contributed by atoms with Gasteiger partial charge < -0.3 is 5.32 Å². The van der Waals surface area contributed by atoms with Crippen LogP contribution in [0.25, 0.3) is 11.4 Å². The molecule has 2 aromatic rings. The fraction of sp³-hybridized carbons (Fsp3) is 0.444. The van der Waals surface area contributed by atoms with E-state index in [1.165, 1.54) is 29.7 Å². The van der Waals surface area contributed by atoms with Gasteiger partial charge in [-0.15, -0.1) is 0 Å². The van der Waals surface area contributed by atoms with Crippen molar-refractivity contribution in [2.75, 3.05) is 7.05 Å². The quantitative estimate of drug-likeness (QED) is 0.928. The molecule has 0 aliphatic heterocycles. The zero-order valence-corrected chi connectivity index (χ0v) is 13.1. The van der Waals surface area contributed by atoms with Crippen molar-refractivity contribution < 1.29 is 0 Å². The predicted molar refractivity (Wildman–Crippen MR) is 86.3 cm³/mol. The summed E-state index contributed by atoms with van der Waals surface area (Å²) in [6.45, 7) is 4.42. The van der Waals surface area contributed by atoms with Gasteiger partial charge in [0.25, 0.3) is 0 Å². The number of benzene rings is 1. The van der Waals surface area contributed by atoms with Crippen LogP contribution in [0.1, 0.15) is 55.5 Å². The Balaban J connectivity index is 1.93. The molecule has 21 heavy (non-hydrogen) atoms. The summed E-state index contributed by atoms with van der Waals surface area (Å²) >= 11 is 0. The molecule has 0 spiro atoms. The van der Waals surface area contributed by atoms with Gasteiger partial charge in [0, 0.05) is 29.1 Å². The third-order valence-electron chi connectivity index (χ3n) is 4.37. The van der Waals surface area contributed by atoms with Crippen molar-refractivity contribution >= 4 is 0 Å². The summed E-state index contributed by atoms with van der Waals surface area (Å²) in [6, 6.07) is 9.04. The molecule has 3 heteroatoms. The lowest BCUT2D eigenvalue weighted by Gasteiger charge is -2.24. The largest absolute Gasteiger partial charge is 0.313 e. The maximum absolute atomic E-state index is 4.81. The van der Waals surface area contributed by atoms with Crippen LogP contribution in [0.2, 0.25) is 0 Å². The van der Waals surface area contributed by atoms with Crippen molar-refractivity contribution in [2.24, 2.45) is 0 Å². The van der Waals surface area contributed by atoms with Crippen LogP contribution in [-0.4, -0.2) is 17.0 Å². The van der Waals surface area contributed by atoms with E-state index in [2.05, 4.69) is 48.4 Å².